The molecule has 1 aliphatic carbocycles. The highest BCUT2D eigenvalue weighted by Crippen LogP contribution is 2.39. The second-order valence-electron chi connectivity index (χ2n) is 3.32. The van der Waals surface area contributed by atoms with E-state index in [1.807, 2.05) is 11.3 Å². The third-order valence-corrected chi connectivity index (χ3v) is 3.72. The molecule has 12 heavy (non-hydrogen) atoms. The van der Waals surface area contributed by atoms with Gasteiger partial charge in [0.1, 0.15) is 0 Å². The molecule has 0 aliphatic heterocycles. The first-order valence-electron chi connectivity index (χ1n) is 4.08. The van der Waals surface area contributed by atoms with Gasteiger partial charge in [-0.2, -0.15) is 0 Å². The maximum absolute atomic E-state index is 5.89. The molecule has 3 heteroatoms. The first-order valence-corrected chi connectivity index (χ1v) is 4.96. The monoisotopic (exact) mass is 203 g/mol. The lowest BCUT2D eigenvalue weighted by molar-refractivity contribution is 0.350. The molecule has 0 saturated heterocycles. The van der Waals surface area contributed by atoms with Crippen molar-refractivity contribution in [2.45, 2.75) is 31.7 Å². The third kappa shape index (κ3) is 1.51. The molecular formula is C9H14ClNS. The predicted octanol–water partition coefficient (Wildman–Crippen LogP) is 2.68. The van der Waals surface area contributed by atoms with Crippen LogP contribution in [0.5, 0.6) is 0 Å². The van der Waals surface area contributed by atoms with Crippen LogP contribution < -0.4 is 5.73 Å². The van der Waals surface area contributed by atoms with Crippen LogP contribution in [0.15, 0.2) is 11.4 Å². The Morgan fingerprint density at radius 1 is 1.50 bits per heavy atom. The minimum atomic E-state index is 0. The summed E-state index contributed by atoms with van der Waals surface area (Å²) in [5.41, 5.74) is 7.32. The second-order valence-corrected chi connectivity index (χ2v) is 4.26. The highest BCUT2D eigenvalue weighted by atomic mass is 35.5. The molecule has 0 aromatic carbocycles. The maximum atomic E-state index is 5.89. The zero-order valence-electron chi connectivity index (χ0n) is 7.12. The molecule has 68 valence electrons. The molecule has 2 atom stereocenters. The van der Waals surface area contributed by atoms with Gasteiger partial charge in [0, 0.05) is 16.8 Å². The SMILES string of the molecule is Cc1ccsc1C1CCC1N.Cl. The van der Waals surface area contributed by atoms with E-state index in [0.29, 0.717) is 12.0 Å². The molecule has 1 nitrogen and oxygen atoms in total. The van der Waals surface area contributed by atoms with Gasteiger partial charge >= 0.3 is 0 Å². The Bertz CT molecular complexity index is 259. The van der Waals surface area contributed by atoms with Gasteiger partial charge in [0.15, 0.2) is 0 Å². The molecule has 2 N–H and O–H groups in total. The summed E-state index contributed by atoms with van der Waals surface area (Å²) in [7, 11) is 0. The fourth-order valence-electron chi connectivity index (χ4n) is 1.62. The topological polar surface area (TPSA) is 26.0 Å². The highest BCUT2D eigenvalue weighted by molar-refractivity contribution is 7.10. The Kier molecular flexibility index (Phi) is 3.16. The van der Waals surface area contributed by atoms with Gasteiger partial charge in [-0.15, -0.1) is 23.7 Å². The van der Waals surface area contributed by atoms with E-state index in [2.05, 4.69) is 18.4 Å². The number of rotatable bonds is 1. The number of aryl methyl sites for hydroxylation is 1. The number of hydrogen-bond donors (Lipinski definition) is 1. The molecule has 1 saturated carbocycles. The Balaban J connectivity index is 0.000000720. The van der Waals surface area contributed by atoms with Gasteiger partial charge in [0.25, 0.3) is 0 Å². The van der Waals surface area contributed by atoms with Gasteiger partial charge in [-0.1, -0.05) is 0 Å². The van der Waals surface area contributed by atoms with Crippen molar-refractivity contribution >= 4 is 23.7 Å². The quantitative estimate of drug-likeness (QED) is 0.747. The average molecular weight is 204 g/mol. The van der Waals surface area contributed by atoms with Gasteiger partial charge in [0.2, 0.25) is 0 Å². The summed E-state index contributed by atoms with van der Waals surface area (Å²) < 4.78 is 0. The summed E-state index contributed by atoms with van der Waals surface area (Å²) >= 11 is 1.86. The van der Waals surface area contributed by atoms with E-state index in [4.69, 9.17) is 5.73 Å². The van der Waals surface area contributed by atoms with Gasteiger partial charge < -0.3 is 5.73 Å². The van der Waals surface area contributed by atoms with Crippen molar-refractivity contribution in [2.24, 2.45) is 5.73 Å². The van der Waals surface area contributed by atoms with Crippen LogP contribution >= 0.6 is 23.7 Å². The average Bonchev–Trinajstić information content (AvgIpc) is 2.34. The third-order valence-electron chi connectivity index (χ3n) is 2.57. The van der Waals surface area contributed by atoms with Crippen LogP contribution in [0.3, 0.4) is 0 Å². The summed E-state index contributed by atoms with van der Waals surface area (Å²) in [6, 6.07) is 2.62. The largest absolute Gasteiger partial charge is 0.327 e. The van der Waals surface area contributed by atoms with Crippen molar-refractivity contribution in [2.75, 3.05) is 0 Å². The van der Waals surface area contributed by atoms with Crippen molar-refractivity contribution in [3.63, 3.8) is 0 Å². The van der Waals surface area contributed by atoms with Crippen LogP contribution in [0, 0.1) is 6.92 Å². The molecule has 2 rings (SSSR count). The Morgan fingerprint density at radius 3 is 2.58 bits per heavy atom. The fourth-order valence-corrected chi connectivity index (χ4v) is 2.76. The molecule has 1 aromatic rings. The molecule has 1 fully saturated rings. The summed E-state index contributed by atoms with van der Waals surface area (Å²) in [6.45, 7) is 2.18. The first kappa shape index (κ1) is 10.0. The molecule has 0 radical (unpaired) electrons. The van der Waals surface area contributed by atoms with Crippen molar-refractivity contribution in [1.29, 1.82) is 0 Å². The smallest absolute Gasteiger partial charge is 0.0121 e. The predicted molar refractivity (Wildman–Crippen MR) is 56.3 cm³/mol. The molecule has 0 bridgehead atoms. The normalized spacial score (nSPS) is 27.5. The van der Waals surface area contributed by atoms with E-state index < -0.39 is 0 Å². The lowest BCUT2D eigenvalue weighted by atomic mass is 9.78. The summed E-state index contributed by atoms with van der Waals surface area (Å²) in [4.78, 5) is 1.52. The maximum Gasteiger partial charge on any atom is 0.0121 e. The number of halogens is 1. The number of hydrogen-bond acceptors (Lipinski definition) is 2. The zero-order chi connectivity index (χ0) is 7.84. The van der Waals surface area contributed by atoms with Crippen LogP contribution in [-0.2, 0) is 0 Å². The molecular weight excluding hydrogens is 190 g/mol. The van der Waals surface area contributed by atoms with E-state index >= 15 is 0 Å². The van der Waals surface area contributed by atoms with Crippen LogP contribution in [-0.4, -0.2) is 6.04 Å². The standard InChI is InChI=1S/C9H13NS.ClH/c1-6-4-5-11-9(6)7-2-3-8(7)10;/h4-5,7-8H,2-3,10H2,1H3;1H. The Morgan fingerprint density at radius 2 is 2.25 bits per heavy atom. The van der Waals surface area contributed by atoms with Crippen LogP contribution in [0.25, 0.3) is 0 Å². The van der Waals surface area contributed by atoms with Gasteiger partial charge in [0.05, 0.1) is 0 Å². The summed E-state index contributed by atoms with van der Waals surface area (Å²) in [5.74, 6) is 0.676. The van der Waals surface area contributed by atoms with Crippen LogP contribution in [0.4, 0.5) is 0 Å². The lowest BCUT2D eigenvalue weighted by Gasteiger charge is -2.33. The lowest BCUT2D eigenvalue weighted by Crippen LogP contribution is -2.37. The van der Waals surface area contributed by atoms with Crippen molar-refractivity contribution in [3.05, 3.63) is 21.9 Å². The summed E-state index contributed by atoms with van der Waals surface area (Å²) in [6.07, 6.45) is 2.50. The van der Waals surface area contributed by atoms with Crippen molar-refractivity contribution < 1.29 is 0 Å². The molecule has 1 aliphatic rings. The van der Waals surface area contributed by atoms with Gasteiger partial charge in [-0.3, -0.25) is 0 Å². The van der Waals surface area contributed by atoms with E-state index in [9.17, 15) is 0 Å². The van der Waals surface area contributed by atoms with Crippen molar-refractivity contribution in [3.8, 4) is 0 Å². The van der Waals surface area contributed by atoms with E-state index in [1.165, 1.54) is 23.3 Å². The Labute approximate surface area is 83.4 Å². The fraction of sp³-hybridized carbons (Fsp3) is 0.556. The Hall–Kier alpha value is -0.0500. The minimum absolute atomic E-state index is 0. The van der Waals surface area contributed by atoms with Gasteiger partial charge in [-0.05, 0) is 36.8 Å². The van der Waals surface area contributed by atoms with Crippen LogP contribution in [0.2, 0.25) is 0 Å². The highest BCUT2D eigenvalue weighted by Gasteiger charge is 2.30. The number of thiophene rings is 1. The zero-order valence-corrected chi connectivity index (χ0v) is 8.75. The molecule has 2 unspecified atom stereocenters. The number of nitrogens with two attached hydrogens (primary N) is 1. The molecule has 1 heterocycles. The molecule has 0 spiro atoms. The minimum Gasteiger partial charge on any atom is -0.327 e. The van der Waals surface area contributed by atoms with E-state index in [1.54, 1.807) is 0 Å². The van der Waals surface area contributed by atoms with E-state index in [0.717, 1.165) is 0 Å². The van der Waals surface area contributed by atoms with Crippen LogP contribution in [0.1, 0.15) is 29.2 Å². The first-order chi connectivity index (χ1) is 5.29. The van der Waals surface area contributed by atoms with E-state index in [-0.39, 0.29) is 12.4 Å². The molecule has 0 amide bonds. The second kappa shape index (κ2) is 3.77. The molecule has 1 aromatic heterocycles. The summed E-state index contributed by atoms with van der Waals surface area (Å²) in [5, 5.41) is 2.16. The van der Waals surface area contributed by atoms with Crippen molar-refractivity contribution in [1.82, 2.24) is 0 Å². The van der Waals surface area contributed by atoms with Gasteiger partial charge in [-0.25, -0.2) is 0 Å².